The average Bonchev–Trinajstić information content (AvgIpc) is 2.91. The topological polar surface area (TPSA) is 63.2 Å². The van der Waals surface area contributed by atoms with Crippen molar-refractivity contribution in [3.8, 4) is 0 Å². The largest absolute Gasteiger partial charge is 0.289 e. The van der Waals surface area contributed by atoms with Gasteiger partial charge in [0.05, 0.1) is 10.6 Å². The summed E-state index contributed by atoms with van der Waals surface area (Å²) in [5, 5.41) is 0. The van der Waals surface area contributed by atoms with E-state index in [-0.39, 0.29) is 16.4 Å². The first-order chi connectivity index (χ1) is 16.4. The quantitative estimate of drug-likeness (QED) is 0.369. The van der Waals surface area contributed by atoms with Crippen molar-refractivity contribution in [1.82, 2.24) is 0 Å². The number of carbonyl (C=O) groups excluding carboxylic acids is 1. The van der Waals surface area contributed by atoms with Crippen molar-refractivity contribution < 1.29 is 13.2 Å². The minimum atomic E-state index is -3.78. The molecule has 0 bridgehead atoms. The predicted octanol–water partition coefficient (Wildman–Crippen LogP) is 8.44. The van der Waals surface area contributed by atoms with E-state index < -0.39 is 10.0 Å². The van der Waals surface area contributed by atoms with Gasteiger partial charge in [-0.05, 0) is 49.2 Å². The van der Waals surface area contributed by atoms with Crippen LogP contribution in [0.4, 0.5) is 5.69 Å². The van der Waals surface area contributed by atoms with Gasteiger partial charge >= 0.3 is 0 Å². The van der Waals surface area contributed by atoms with Gasteiger partial charge in [0.25, 0.3) is 10.0 Å². The third kappa shape index (κ3) is 9.92. The minimum Gasteiger partial charge on any atom is -0.289 e. The Morgan fingerprint density at radius 2 is 1.06 bits per heavy atom. The van der Waals surface area contributed by atoms with Crippen LogP contribution in [0, 0.1) is 13.8 Å². The first-order valence-corrected chi connectivity index (χ1v) is 13.7. The smallest absolute Gasteiger partial charge is 0.261 e. The molecule has 0 atom stereocenters. The van der Waals surface area contributed by atoms with Gasteiger partial charge in [0.15, 0.2) is 5.78 Å². The van der Waals surface area contributed by atoms with Crippen molar-refractivity contribution in [3.63, 3.8) is 0 Å². The van der Waals surface area contributed by atoms with Gasteiger partial charge in [-0.2, -0.15) is 0 Å². The average molecular weight is 486 g/mol. The van der Waals surface area contributed by atoms with E-state index in [9.17, 15) is 13.2 Å². The normalized spacial score (nSPS) is 9.24. The molecule has 5 heteroatoms. The summed E-state index contributed by atoms with van der Waals surface area (Å²) in [6.45, 7) is 19.8. The Morgan fingerprint density at radius 3 is 1.53 bits per heavy atom. The monoisotopic (exact) mass is 485 g/mol. The molecule has 0 aliphatic rings. The second kappa shape index (κ2) is 18.5. The van der Waals surface area contributed by atoms with Gasteiger partial charge in [0.1, 0.15) is 0 Å². The zero-order chi connectivity index (χ0) is 26.7. The summed E-state index contributed by atoms with van der Waals surface area (Å²) in [6, 6.07) is 20.3. The highest BCUT2D eigenvalue weighted by Crippen LogP contribution is 2.26. The second-order valence-corrected chi connectivity index (χ2v) is 7.78. The van der Waals surface area contributed by atoms with Gasteiger partial charge < -0.3 is 0 Å². The number of nitrogens with one attached hydrogen (secondary N) is 1. The molecule has 4 nitrogen and oxygen atoms in total. The maximum Gasteiger partial charge on any atom is 0.261 e. The number of aryl methyl sites for hydroxylation is 2. The summed E-state index contributed by atoms with van der Waals surface area (Å²) in [7, 11) is -3.78. The molecule has 0 fully saturated rings. The van der Waals surface area contributed by atoms with E-state index >= 15 is 0 Å². The molecule has 3 aromatic rings. The molecule has 1 N–H and O–H groups in total. The fourth-order valence-electron chi connectivity index (χ4n) is 2.64. The van der Waals surface area contributed by atoms with Crippen molar-refractivity contribution in [2.75, 3.05) is 4.72 Å². The van der Waals surface area contributed by atoms with Gasteiger partial charge in [-0.15, -0.1) is 0 Å². The molecule has 0 aliphatic carbocycles. The van der Waals surface area contributed by atoms with E-state index in [2.05, 4.69) is 4.72 Å². The molecule has 3 aromatic carbocycles. The molecule has 0 saturated carbocycles. The molecule has 0 saturated heterocycles. The van der Waals surface area contributed by atoms with Crippen LogP contribution in [0.5, 0.6) is 0 Å². The number of hydrogen-bond acceptors (Lipinski definition) is 3. The van der Waals surface area contributed by atoms with Crippen LogP contribution in [-0.2, 0) is 10.0 Å². The highest BCUT2D eigenvalue weighted by atomic mass is 32.2. The van der Waals surface area contributed by atoms with Gasteiger partial charge in [-0.3, -0.25) is 9.52 Å². The highest BCUT2D eigenvalue weighted by Gasteiger charge is 2.20. The molecule has 188 valence electrons. The Balaban J connectivity index is 0. The molecule has 0 heterocycles. The number of carbonyl (C=O) groups is 1. The van der Waals surface area contributed by atoms with Gasteiger partial charge in [0, 0.05) is 11.1 Å². The third-order valence-electron chi connectivity index (χ3n) is 4.21. The lowest BCUT2D eigenvalue weighted by Gasteiger charge is -2.15. The number of ketones is 1. The van der Waals surface area contributed by atoms with E-state index in [4.69, 9.17) is 0 Å². The number of rotatable bonds is 5. The highest BCUT2D eigenvalue weighted by molar-refractivity contribution is 7.92. The van der Waals surface area contributed by atoms with Crippen molar-refractivity contribution in [2.24, 2.45) is 0 Å². The molecule has 0 spiro atoms. The van der Waals surface area contributed by atoms with Gasteiger partial charge in [-0.25, -0.2) is 8.42 Å². The van der Waals surface area contributed by atoms with Crippen LogP contribution >= 0.6 is 0 Å². The SMILES string of the molecule is CC.CC.CC.CC.Cc1cc(NS(=O)(=O)c2ccccc2)c(C(=O)c2ccccc2)cc1C. The van der Waals surface area contributed by atoms with Crippen molar-refractivity contribution in [3.05, 3.63) is 95.1 Å². The number of benzene rings is 3. The standard InChI is InChI=1S/C21H19NO3S.4C2H6/c1-15-13-19(21(23)17-9-5-3-6-10-17)20(14-16(15)2)22-26(24,25)18-11-7-4-8-12-18;4*1-2/h3-14,22H,1-2H3;4*1-2H3. The first kappa shape index (κ1) is 33.3. The lowest BCUT2D eigenvalue weighted by molar-refractivity contribution is 0.103. The maximum atomic E-state index is 12.9. The number of hydrogen-bond donors (Lipinski definition) is 1. The first-order valence-electron chi connectivity index (χ1n) is 12.2. The Bertz CT molecular complexity index is 1050. The van der Waals surface area contributed by atoms with Crippen LogP contribution in [0.3, 0.4) is 0 Å². The van der Waals surface area contributed by atoms with E-state index in [0.29, 0.717) is 11.1 Å². The fraction of sp³-hybridized carbons (Fsp3) is 0.345. The molecular formula is C29H43NO3S. The van der Waals surface area contributed by atoms with Crippen LogP contribution in [0.2, 0.25) is 0 Å². The van der Waals surface area contributed by atoms with Crippen molar-refractivity contribution in [1.29, 1.82) is 0 Å². The molecule has 3 rings (SSSR count). The molecule has 0 amide bonds. The fourth-order valence-corrected chi connectivity index (χ4v) is 3.73. The predicted molar refractivity (Wildman–Crippen MR) is 148 cm³/mol. The van der Waals surface area contributed by atoms with Crippen LogP contribution in [0.25, 0.3) is 0 Å². The van der Waals surface area contributed by atoms with Crippen molar-refractivity contribution >= 4 is 21.5 Å². The lowest BCUT2D eigenvalue weighted by atomic mass is 9.97. The zero-order valence-electron chi connectivity index (χ0n) is 22.6. The molecule has 0 aromatic heterocycles. The summed E-state index contributed by atoms with van der Waals surface area (Å²) < 4.78 is 27.9. The summed E-state index contributed by atoms with van der Waals surface area (Å²) in [5.41, 5.74) is 2.95. The van der Waals surface area contributed by atoms with E-state index in [0.717, 1.165) is 11.1 Å². The summed E-state index contributed by atoms with van der Waals surface area (Å²) in [5.74, 6) is -0.223. The van der Waals surface area contributed by atoms with E-state index in [1.807, 2.05) is 75.3 Å². The van der Waals surface area contributed by atoms with Crippen LogP contribution < -0.4 is 4.72 Å². The van der Waals surface area contributed by atoms with Gasteiger partial charge in [0.2, 0.25) is 0 Å². The Hall–Kier alpha value is -2.92. The molecule has 0 radical (unpaired) electrons. The molecular weight excluding hydrogens is 442 g/mol. The van der Waals surface area contributed by atoms with Crippen molar-refractivity contribution in [2.45, 2.75) is 74.1 Å². The summed E-state index contributed by atoms with van der Waals surface area (Å²) >= 11 is 0. The van der Waals surface area contributed by atoms with Gasteiger partial charge in [-0.1, -0.05) is 104 Å². The van der Waals surface area contributed by atoms with E-state index in [1.54, 1.807) is 54.6 Å². The Labute approximate surface area is 208 Å². The van der Waals surface area contributed by atoms with Crippen LogP contribution in [0.1, 0.15) is 82.4 Å². The third-order valence-corrected chi connectivity index (χ3v) is 5.59. The Morgan fingerprint density at radius 1 is 0.647 bits per heavy atom. The van der Waals surface area contributed by atoms with Crippen LogP contribution in [0.15, 0.2) is 77.7 Å². The Kier molecular flexibility index (Phi) is 18.1. The number of anilines is 1. The second-order valence-electron chi connectivity index (χ2n) is 6.10. The lowest BCUT2D eigenvalue weighted by Crippen LogP contribution is -2.16. The number of sulfonamides is 1. The van der Waals surface area contributed by atoms with Crippen LogP contribution in [-0.4, -0.2) is 14.2 Å². The molecule has 0 unspecified atom stereocenters. The summed E-state index contributed by atoms with van der Waals surface area (Å²) in [4.78, 5) is 13.1. The maximum absolute atomic E-state index is 12.9. The van der Waals surface area contributed by atoms with E-state index in [1.165, 1.54) is 12.1 Å². The summed E-state index contributed by atoms with van der Waals surface area (Å²) in [6.07, 6.45) is 0. The minimum absolute atomic E-state index is 0.149. The molecule has 34 heavy (non-hydrogen) atoms. The zero-order valence-corrected chi connectivity index (χ0v) is 23.4. The molecule has 0 aliphatic heterocycles.